The third-order valence-corrected chi connectivity index (χ3v) is 17.3. The highest BCUT2D eigenvalue weighted by Crippen LogP contribution is 2.18. The van der Waals surface area contributed by atoms with E-state index < -0.39 is 24.3 Å². The maximum absolute atomic E-state index is 13.0. The lowest BCUT2D eigenvalue weighted by Crippen LogP contribution is -2.44. The number of allylic oxidation sites excluding steroid dienone is 26. The number of hydrogen-bond donors (Lipinski definition) is 0. The summed E-state index contributed by atoms with van der Waals surface area (Å²) in [5.41, 5.74) is 0. The average Bonchev–Trinajstić information content (AvgIpc) is 2.62. The zero-order chi connectivity index (χ0) is 71.8. The van der Waals surface area contributed by atoms with E-state index in [1.54, 1.807) is 0 Å². The first kappa shape index (κ1) is 93.9. The van der Waals surface area contributed by atoms with E-state index in [0.29, 0.717) is 17.4 Å². The number of carbonyl (C=O) groups is 3. The van der Waals surface area contributed by atoms with Crippen LogP contribution < -0.4 is 5.11 Å². The van der Waals surface area contributed by atoms with E-state index >= 15 is 0 Å². The molecule has 0 aliphatic carbocycles. The lowest BCUT2D eigenvalue weighted by molar-refractivity contribution is -0.870. The largest absolute Gasteiger partial charge is 0.545 e. The Kier molecular flexibility index (Phi) is 74.6. The summed E-state index contributed by atoms with van der Waals surface area (Å²) >= 11 is 0. The Hall–Kier alpha value is -5.09. The number of quaternary nitrogens is 1. The number of aliphatic carboxylic acids is 1. The third kappa shape index (κ3) is 80.1. The van der Waals surface area contributed by atoms with E-state index in [1.807, 2.05) is 21.1 Å². The van der Waals surface area contributed by atoms with Crippen LogP contribution in [0.4, 0.5) is 0 Å². The lowest BCUT2D eigenvalue weighted by Gasteiger charge is -2.26. The van der Waals surface area contributed by atoms with Crippen LogP contribution in [-0.4, -0.2) is 82.3 Å². The van der Waals surface area contributed by atoms with Crippen LogP contribution in [0.2, 0.25) is 0 Å². The molecule has 0 aromatic heterocycles. The molecule has 9 nitrogen and oxygen atoms in total. The fraction of sp³-hybridized carbons (Fsp3) is 0.678. The van der Waals surface area contributed by atoms with Gasteiger partial charge >= 0.3 is 11.9 Å². The van der Waals surface area contributed by atoms with Crippen molar-refractivity contribution in [2.75, 3.05) is 47.5 Å². The molecule has 0 aromatic rings. The van der Waals surface area contributed by atoms with E-state index in [9.17, 15) is 19.5 Å². The van der Waals surface area contributed by atoms with Crippen molar-refractivity contribution >= 4 is 17.9 Å². The number of nitrogens with zero attached hydrogens (tertiary/aromatic N) is 1. The molecular weight excluding hydrogens is 1220 g/mol. The summed E-state index contributed by atoms with van der Waals surface area (Å²) in [4.78, 5) is 37.6. The van der Waals surface area contributed by atoms with Crippen LogP contribution in [0, 0.1) is 0 Å². The van der Waals surface area contributed by atoms with Gasteiger partial charge in [0.15, 0.2) is 12.4 Å². The Morgan fingerprint density at radius 1 is 0.303 bits per heavy atom. The Morgan fingerprint density at radius 2 is 0.545 bits per heavy atom. The van der Waals surface area contributed by atoms with Crippen LogP contribution in [0.3, 0.4) is 0 Å². The third-order valence-electron chi connectivity index (χ3n) is 17.3. The van der Waals surface area contributed by atoms with Crippen molar-refractivity contribution in [2.24, 2.45) is 0 Å². The second-order valence-electron chi connectivity index (χ2n) is 27.9. The zero-order valence-corrected chi connectivity index (χ0v) is 64.6. The first-order chi connectivity index (χ1) is 48.6. The molecule has 0 bridgehead atoms. The van der Waals surface area contributed by atoms with Gasteiger partial charge in [0.1, 0.15) is 13.2 Å². The second-order valence-corrected chi connectivity index (χ2v) is 27.9. The quantitative estimate of drug-likeness (QED) is 0.0195. The van der Waals surface area contributed by atoms with Gasteiger partial charge in [0, 0.05) is 12.8 Å². The summed E-state index contributed by atoms with van der Waals surface area (Å²) in [6, 6.07) is 0. The van der Waals surface area contributed by atoms with Gasteiger partial charge in [-0.15, -0.1) is 0 Å². The molecule has 0 heterocycles. The van der Waals surface area contributed by atoms with E-state index in [0.717, 1.165) is 122 Å². The first-order valence-electron chi connectivity index (χ1n) is 40.6. The highest BCUT2D eigenvalue weighted by atomic mass is 16.7. The molecule has 2 unspecified atom stereocenters. The first-order valence-corrected chi connectivity index (χ1v) is 40.6. The number of likely N-dealkylation sites (N-methyl/N-ethyl adjacent to an activating group) is 1. The van der Waals surface area contributed by atoms with Gasteiger partial charge in [-0.05, 0) is 122 Å². The monoisotopic (exact) mass is 1370 g/mol. The van der Waals surface area contributed by atoms with Crippen molar-refractivity contribution in [2.45, 2.75) is 347 Å². The number of ether oxygens (including phenoxy) is 4. The molecule has 0 amide bonds. The minimum atomic E-state index is -1.63. The Morgan fingerprint density at radius 3 is 0.808 bits per heavy atom. The van der Waals surface area contributed by atoms with E-state index in [-0.39, 0.29) is 38.6 Å². The Labute approximate surface area is 610 Å². The summed E-state index contributed by atoms with van der Waals surface area (Å²) in [6.07, 6.45) is 114. The van der Waals surface area contributed by atoms with Gasteiger partial charge in [-0.25, -0.2) is 0 Å². The molecule has 0 N–H and O–H groups in total. The molecule has 99 heavy (non-hydrogen) atoms. The molecule has 9 heteroatoms. The lowest BCUT2D eigenvalue weighted by atomic mass is 10.0. The number of hydrogen-bond acceptors (Lipinski definition) is 8. The maximum Gasteiger partial charge on any atom is 0.306 e. The van der Waals surface area contributed by atoms with Gasteiger partial charge in [-0.1, -0.05) is 358 Å². The van der Waals surface area contributed by atoms with Crippen molar-refractivity contribution in [3.05, 3.63) is 158 Å². The van der Waals surface area contributed by atoms with Crippen molar-refractivity contribution in [3.8, 4) is 0 Å². The maximum atomic E-state index is 13.0. The zero-order valence-electron chi connectivity index (χ0n) is 64.6. The van der Waals surface area contributed by atoms with Crippen LogP contribution in [0.1, 0.15) is 335 Å². The molecule has 0 fully saturated rings. The number of carboxylic acid groups (broad SMARTS) is 1. The van der Waals surface area contributed by atoms with Crippen molar-refractivity contribution in [1.29, 1.82) is 0 Å². The highest BCUT2D eigenvalue weighted by molar-refractivity contribution is 5.70. The fourth-order valence-corrected chi connectivity index (χ4v) is 11.2. The molecule has 0 saturated carbocycles. The minimum Gasteiger partial charge on any atom is -0.545 e. The predicted molar refractivity (Wildman–Crippen MR) is 425 cm³/mol. The predicted octanol–water partition coefficient (Wildman–Crippen LogP) is 25.0. The van der Waals surface area contributed by atoms with Crippen LogP contribution in [0.15, 0.2) is 158 Å². The molecule has 0 aliphatic rings. The van der Waals surface area contributed by atoms with Crippen molar-refractivity contribution < 1.29 is 42.9 Å². The summed E-state index contributed by atoms with van der Waals surface area (Å²) in [5.74, 6) is -2.28. The van der Waals surface area contributed by atoms with Gasteiger partial charge in [-0.2, -0.15) is 0 Å². The van der Waals surface area contributed by atoms with Crippen LogP contribution >= 0.6 is 0 Å². The molecule has 0 rings (SSSR count). The van der Waals surface area contributed by atoms with Crippen molar-refractivity contribution in [3.63, 3.8) is 0 Å². The molecule has 0 spiro atoms. The number of esters is 2. The standard InChI is InChI=1S/C90H151NO8/c1-6-8-10-12-14-16-18-20-22-24-26-28-30-32-34-36-38-40-41-42-43-44-45-46-47-49-51-53-55-57-59-61-63-65-67-69-71-73-75-77-79-81-88(93)99-86(85-98-90(89(94)95)96-83-82-91(3,4)5)84-97-87(92)80-78-76-74-72-70-68-66-64-62-60-58-56-54-52-50-48-39-37-35-33-31-29-27-25-23-21-19-17-15-13-11-9-7-2/h8-11,14-17,20-23,26-29,32-35,38,40,42-43,45-46,86,90H,6-7,12-13,18-19,24-25,30-31,36-37,39,41,44,47-85H2,1-5H3/b10-8-,11-9-,16-14-,17-15-,22-20-,23-21-,28-26-,29-27-,34-32-,35-33-,40-38-,43-42-,46-45-. The van der Waals surface area contributed by atoms with Gasteiger partial charge in [0.05, 0.1) is 40.3 Å². The molecule has 0 radical (unpaired) electrons. The van der Waals surface area contributed by atoms with Crippen LogP contribution in [0.5, 0.6) is 0 Å². The molecule has 2 atom stereocenters. The van der Waals surface area contributed by atoms with Crippen LogP contribution in [-0.2, 0) is 33.3 Å². The number of carbonyl (C=O) groups excluding carboxylic acids is 3. The Balaban J connectivity index is 4.04. The van der Waals surface area contributed by atoms with E-state index in [4.69, 9.17) is 18.9 Å². The summed E-state index contributed by atoms with van der Waals surface area (Å²) in [5, 5.41) is 11.9. The van der Waals surface area contributed by atoms with Gasteiger partial charge < -0.3 is 33.3 Å². The minimum absolute atomic E-state index is 0.144. The highest BCUT2D eigenvalue weighted by Gasteiger charge is 2.22. The number of rotatable bonds is 74. The summed E-state index contributed by atoms with van der Waals surface area (Å²) in [7, 11) is 5.94. The molecular formula is C90H151NO8. The van der Waals surface area contributed by atoms with E-state index in [1.165, 1.54) is 180 Å². The van der Waals surface area contributed by atoms with E-state index in [2.05, 4.69) is 172 Å². The molecule has 0 aromatic carbocycles. The molecule has 0 saturated heterocycles. The Bertz CT molecular complexity index is 2200. The molecule has 564 valence electrons. The van der Waals surface area contributed by atoms with Gasteiger partial charge in [0.25, 0.3) is 0 Å². The van der Waals surface area contributed by atoms with Crippen molar-refractivity contribution in [1.82, 2.24) is 0 Å². The second kappa shape index (κ2) is 78.6. The normalized spacial score (nSPS) is 13.5. The summed E-state index contributed by atoms with van der Waals surface area (Å²) < 4.78 is 22.9. The average molecular weight is 1380 g/mol. The number of carboxylic acids is 1. The van der Waals surface area contributed by atoms with Gasteiger partial charge in [-0.3, -0.25) is 9.59 Å². The van der Waals surface area contributed by atoms with Crippen LogP contribution in [0.25, 0.3) is 0 Å². The SMILES string of the molecule is CC/C=C\C/C=C\C/C=C\C/C=C\C/C=C\C/C=C\C/C=C\C/C=C\CCCCCCCCCCCCCCCCCCC(=O)OC(COC(=O)CCCCCCCCCCCCCCCCCCC/C=C\C/C=C\C/C=C\C/C=C\C/C=C\CC)COC(OCC[N+](C)(C)C)C(=O)[O-]. The smallest absolute Gasteiger partial charge is 0.306 e. The molecule has 0 aliphatic heterocycles. The fourth-order valence-electron chi connectivity index (χ4n) is 11.2. The topological polar surface area (TPSA) is 111 Å². The van der Waals surface area contributed by atoms with Gasteiger partial charge in [0.2, 0.25) is 0 Å². The summed E-state index contributed by atoms with van der Waals surface area (Å²) in [6.45, 7) is 4.54. The number of unbranched alkanes of at least 4 members (excludes halogenated alkanes) is 33.